The lowest BCUT2D eigenvalue weighted by Crippen LogP contribution is -2.28. The van der Waals surface area contributed by atoms with Crippen LogP contribution in [-0.4, -0.2) is 0 Å². The lowest BCUT2D eigenvalue weighted by molar-refractivity contribution is -0.138. The second-order valence-electron chi connectivity index (χ2n) is 5.07. The molecule has 0 saturated heterocycles. The van der Waals surface area contributed by atoms with Crippen molar-refractivity contribution in [1.29, 1.82) is 0 Å². The van der Waals surface area contributed by atoms with E-state index in [-0.39, 0.29) is 10.6 Å². The van der Waals surface area contributed by atoms with Crippen LogP contribution in [-0.2, 0) is 6.18 Å². The van der Waals surface area contributed by atoms with E-state index in [1.54, 1.807) is 20.8 Å². The number of hydrogen-bond acceptors (Lipinski definition) is 1. The van der Waals surface area contributed by atoms with Crippen molar-refractivity contribution < 1.29 is 13.2 Å². The summed E-state index contributed by atoms with van der Waals surface area (Å²) >= 11 is 5.60. The molecule has 0 bridgehead atoms. The molecule has 0 spiro atoms. The van der Waals surface area contributed by atoms with Gasteiger partial charge >= 0.3 is 6.18 Å². The van der Waals surface area contributed by atoms with Crippen LogP contribution < -0.4 is 5.73 Å². The summed E-state index contributed by atoms with van der Waals surface area (Å²) in [6, 6.07) is 3.00. The normalized spacial score (nSPS) is 14.8. The summed E-state index contributed by atoms with van der Waals surface area (Å²) in [5.74, 6) is 0. The van der Waals surface area contributed by atoms with E-state index in [4.69, 9.17) is 17.3 Å². The van der Waals surface area contributed by atoms with Crippen molar-refractivity contribution in [3.05, 3.63) is 34.3 Å². The Bertz CT molecular complexity index is 407. The van der Waals surface area contributed by atoms with Gasteiger partial charge in [-0.2, -0.15) is 13.2 Å². The summed E-state index contributed by atoms with van der Waals surface area (Å²) in [7, 11) is 0. The van der Waals surface area contributed by atoms with Gasteiger partial charge in [-0.25, -0.2) is 0 Å². The Kier molecular flexibility index (Phi) is 3.79. The topological polar surface area (TPSA) is 26.0 Å². The predicted molar refractivity (Wildman–Crippen MR) is 62.8 cm³/mol. The molecule has 1 nitrogen and oxygen atoms in total. The summed E-state index contributed by atoms with van der Waals surface area (Å²) in [4.78, 5) is 0. The molecule has 0 heterocycles. The number of rotatable bonds is 1. The fraction of sp³-hybridized carbons (Fsp3) is 0.500. The maximum Gasteiger partial charge on any atom is 0.416 e. The minimum Gasteiger partial charge on any atom is -0.324 e. The minimum absolute atomic E-state index is 0.0576. The fourth-order valence-corrected chi connectivity index (χ4v) is 1.68. The summed E-state index contributed by atoms with van der Waals surface area (Å²) < 4.78 is 38.6. The number of nitrogens with two attached hydrogens (primary N) is 1. The van der Waals surface area contributed by atoms with E-state index in [0.29, 0.717) is 0 Å². The van der Waals surface area contributed by atoms with Gasteiger partial charge in [-0.05, 0) is 23.1 Å². The highest BCUT2D eigenvalue weighted by atomic mass is 35.5. The van der Waals surface area contributed by atoms with Crippen molar-refractivity contribution >= 4 is 11.6 Å². The standard InChI is InChI=1S/C12H15ClF3N/c1-11(2,3)10(17)8-5-4-7(13)6-9(8)12(14,15)16/h4-6,10H,17H2,1-3H3/t10-/m0/s1. The summed E-state index contributed by atoms with van der Waals surface area (Å²) in [6.07, 6.45) is -4.44. The summed E-state index contributed by atoms with van der Waals surface area (Å²) in [5, 5.41) is 0.0576. The van der Waals surface area contributed by atoms with E-state index >= 15 is 0 Å². The molecular formula is C12H15ClF3N. The lowest BCUT2D eigenvalue weighted by Gasteiger charge is -2.29. The lowest BCUT2D eigenvalue weighted by atomic mass is 9.81. The largest absolute Gasteiger partial charge is 0.416 e. The highest BCUT2D eigenvalue weighted by Gasteiger charge is 2.37. The number of alkyl halides is 3. The Balaban J connectivity index is 3.34. The second-order valence-corrected chi connectivity index (χ2v) is 5.51. The van der Waals surface area contributed by atoms with Crippen molar-refractivity contribution in [3.8, 4) is 0 Å². The average Bonchev–Trinajstić information content (AvgIpc) is 2.14. The zero-order chi connectivity index (χ0) is 13.4. The zero-order valence-electron chi connectivity index (χ0n) is 9.90. The summed E-state index contributed by atoms with van der Waals surface area (Å²) in [5.41, 5.74) is 4.75. The van der Waals surface area contributed by atoms with Crippen molar-refractivity contribution in [1.82, 2.24) is 0 Å². The van der Waals surface area contributed by atoms with Gasteiger partial charge in [-0.3, -0.25) is 0 Å². The quantitative estimate of drug-likeness (QED) is 0.800. The molecule has 1 atom stereocenters. The molecule has 1 rings (SSSR count). The third-order valence-electron chi connectivity index (χ3n) is 2.59. The Morgan fingerprint density at radius 2 is 1.71 bits per heavy atom. The molecule has 0 radical (unpaired) electrons. The van der Waals surface area contributed by atoms with Gasteiger partial charge in [0.25, 0.3) is 0 Å². The maximum atomic E-state index is 12.9. The third-order valence-corrected chi connectivity index (χ3v) is 2.82. The number of halogens is 4. The van der Waals surface area contributed by atoms with Gasteiger partial charge in [0.15, 0.2) is 0 Å². The molecule has 0 aromatic heterocycles. The van der Waals surface area contributed by atoms with E-state index in [0.717, 1.165) is 6.07 Å². The van der Waals surface area contributed by atoms with Crippen LogP contribution in [0.4, 0.5) is 13.2 Å². The van der Waals surface area contributed by atoms with Crippen LogP contribution in [0.1, 0.15) is 37.9 Å². The van der Waals surface area contributed by atoms with Crippen molar-refractivity contribution in [2.24, 2.45) is 11.1 Å². The molecule has 0 aliphatic carbocycles. The molecule has 0 saturated carbocycles. The molecular weight excluding hydrogens is 251 g/mol. The Morgan fingerprint density at radius 1 is 1.18 bits per heavy atom. The van der Waals surface area contributed by atoms with Gasteiger partial charge in [0.2, 0.25) is 0 Å². The van der Waals surface area contributed by atoms with Crippen molar-refractivity contribution in [2.75, 3.05) is 0 Å². The van der Waals surface area contributed by atoms with E-state index in [1.165, 1.54) is 12.1 Å². The molecule has 96 valence electrons. The zero-order valence-corrected chi connectivity index (χ0v) is 10.7. The SMILES string of the molecule is CC(C)(C)[C@@H](N)c1ccc(Cl)cc1C(F)(F)F. The molecule has 5 heteroatoms. The van der Waals surface area contributed by atoms with Crippen LogP contribution in [0, 0.1) is 5.41 Å². The molecule has 1 aromatic rings. The monoisotopic (exact) mass is 265 g/mol. The minimum atomic E-state index is -4.44. The van der Waals surface area contributed by atoms with Crippen molar-refractivity contribution in [3.63, 3.8) is 0 Å². The predicted octanol–water partition coefficient (Wildman–Crippen LogP) is 4.40. The fourth-order valence-electron chi connectivity index (χ4n) is 1.51. The highest BCUT2D eigenvalue weighted by molar-refractivity contribution is 6.30. The van der Waals surface area contributed by atoms with Gasteiger partial charge in [0.1, 0.15) is 0 Å². The van der Waals surface area contributed by atoms with E-state index in [1.807, 2.05) is 0 Å². The molecule has 17 heavy (non-hydrogen) atoms. The van der Waals surface area contributed by atoms with Crippen LogP contribution in [0.25, 0.3) is 0 Å². The Hall–Kier alpha value is -0.740. The first-order chi connectivity index (χ1) is 7.53. The van der Waals surface area contributed by atoms with Crippen molar-refractivity contribution in [2.45, 2.75) is 33.0 Å². The van der Waals surface area contributed by atoms with Gasteiger partial charge < -0.3 is 5.73 Å². The van der Waals surface area contributed by atoms with Crippen LogP contribution >= 0.6 is 11.6 Å². The van der Waals surface area contributed by atoms with Crippen LogP contribution in [0.2, 0.25) is 5.02 Å². The molecule has 0 fully saturated rings. The molecule has 0 unspecified atom stereocenters. The number of benzene rings is 1. The van der Waals surface area contributed by atoms with E-state index in [9.17, 15) is 13.2 Å². The van der Waals surface area contributed by atoms with Crippen LogP contribution in [0.5, 0.6) is 0 Å². The first kappa shape index (κ1) is 14.3. The third kappa shape index (κ3) is 3.36. The first-order valence-electron chi connectivity index (χ1n) is 5.15. The Labute approximate surface area is 104 Å². The van der Waals surface area contributed by atoms with Gasteiger partial charge in [-0.1, -0.05) is 38.4 Å². The molecule has 1 aromatic carbocycles. The molecule has 2 N–H and O–H groups in total. The summed E-state index contributed by atoms with van der Waals surface area (Å²) in [6.45, 7) is 5.39. The van der Waals surface area contributed by atoms with Gasteiger partial charge in [-0.15, -0.1) is 0 Å². The van der Waals surface area contributed by atoms with Crippen LogP contribution in [0.3, 0.4) is 0 Å². The van der Waals surface area contributed by atoms with E-state index in [2.05, 4.69) is 0 Å². The van der Waals surface area contributed by atoms with Crippen LogP contribution in [0.15, 0.2) is 18.2 Å². The number of hydrogen-bond donors (Lipinski definition) is 1. The first-order valence-corrected chi connectivity index (χ1v) is 5.53. The van der Waals surface area contributed by atoms with Gasteiger partial charge in [0.05, 0.1) is 5.56 Å². The maximum absolute atomic E-state index is 12.9. The molecule has 0 aliphatic rings. The smallest absolute Gasteiger partial charge is 0.324 e. The molecule has 0 aliphatic heterocycles. The average molecular weight is 266 g/mol. The second kappa shape index (κ2) is 4.50. The highest BCUT2D eigenvalue weighted by Crippen LogP contribution is 2.40. The molecule has 0 amide bonds. The Morgan fingerprint density at radius 3 is 2.12 bits per heavy atom. The van der Waals surface area contributed by atoms with Gasteiger partial charge in [0, 0.05) is 11.1 Å². The van der Waals surface area contributed by atoms with E-state index < -0.39 is 23.2 Å².